The first kappa shape index (κ1) is 14.5. The van der Waals surface area contributed by atoms with E-state index in [0.29, 0.717) is 5.75 Å². The highest BCUT2D eigenvalue weighted by atomic mass is 32.2. The summed E-state index contributed by atoms with van der Waals surface area (Å²) in [4.78, 5) is 10.9. The average Bonchev–Trinajstić information content (AvgIpc) is 2.36. The lowest BCUT2D eigenvalue weighted by Crippen LogP contribution is -2.30. The monoisotopic (exact) mass is 272 g/mol. The first-order chi connectivity index (χ1) is 8.30. The van der Waals surface area contributed by atoms with Crippen molar-refractivity contribution in [2.45, 2.75) is 24.0 Å². The fourth-order valence-electron chi connectivity index (χ4n) is 1.45. The van der Waals surface area contributed by atoms with Gasteiger partial charge in [-0.3, -0.25) is 4.79 Å². The van der Waals surface area contributed by atoms with E-state index in [4.69, 9.17) is 9.84 Å². The molecule has 0 aliphatic rings. The molecule has 100 valence electrons. The van der Waals surface area contributed by atoms with Crippen LogP contribution in [0.15, 0.2) is 29.2 Å². The van der Waals surface area contributed by atoms with E-state index in [1.54, 1.807) is 0 Å². The third-order valence-corrected chi connectivity index (χ3v) is 5.29. The molecular formula is C12H16O5S. The summed E-state index contributed by atoms with van der Waals surface area (Å²) in [6.45, 7) is 2.78. The van der Waals surface area contributed by atoms with Crippen LogP contribution in [0.3, 0.4) is 0 Å². The highest BCUT2D eigenvalue weighted by Gasteiger charge is 2.32. The van der Waals surface area contributed by atoms with Gasteiger partial charge in [0.2, 0.25) is 0 Å². The quantitative estimate of drug-likeness (QED) is 0.880. The molecule has 2 unspecified atom stereocenters. The van der Waals surface area contributed by atoms with Crippen LogP contribution < -0.4 is 4.74 Å². The molecule has 0 spiro atoms. The SMILES string of the molecule is COc1ccc(S(=O)(=O)C(C)C(C)C(=O)O)cc1. The van der Waals surface area contributed by atoms with Crippen LogP contribution in [0.4, 0.5) is 0 Å². The van der Waals surface area contributed by atoms with E-state index in [2.05, 4.69) is 0 Å². The lowest BCUT2D eigenvalue weighted by Gasteiger charge is -2.16. The zero-order chi connectivity index (χ0) is 13.9. The van der Waals surface area contributed by atoms with E-state index in [9.17, 15) is 13.2 Å². The molecule has 2 atom stereocenters. The Hall–Kier alpha value is -1.56. The minimum atomic E-state index is -3.64. The summed E-state index contributed by atoms with van der Waals surface area (Å²) < 4.78 is 29.3. The van der Waals surface area contributed by atoms with Gasteiger partial charge in [0.05, 0.1) is 23.2 Å². The van der Waals surface area contributed by atoms with Crippen LogP contribution in [-0.4, -0.2) is 31.9 Å². The molecule has 1 rings (SSSR count). The van der Waals surface area contributed by atoms with Gasteiger partial charge in [0, 0.05) is 0 Å². The van der Waals surface area contributed by atoms with Gasteiger partial charge in [-0.15, -0.1) is 0 Å². The molecule has 0 aliphatic carbocycles. The molecule has 0 heterocycles. The van der Waals surface area contributed by atoms with Crippen molar-refractivity contribution in [3.05, 3.63) is 24.3 Å². The van der Waals surface area contributed by atoms with Crippen molar-refractivity contribution in [3.63, 3.8) is 0 Å². The van der Waals surface area contributed by atoms with Crippen molar-refractivity contribution in [1.82, 2.24) is 0 Å². The van der Waals surface area contributed by atoms with Gasteiger partial charge in [0.25, 0.3) is 0 Å². The normalized spacial score (nSPS) is 14.8. The Labute approximate surface area is 106 Å². The van der Waals surface area contributed by atoms with E-state index < -0.39 is 27.0 Å². The van der Waals surface area contributed by atoms with E-state index in [0.717, 1.165) is 0 Å². The molecule has 1 aromatic carbocycles. The van der Waals surface area contributed by atoms with Crippen molar-refractivity contribution in [2.24, 2.45) is 5.92 Å². The summed E-state index contributed by atoms with van der Waals surface area (Å²) in [5.41, 5.74) is 0. The lowest BCUT2D eigenvalue weighted by atomic mass is 10.1. The summed E-state index contributed by atoms with van der Waals surface area (Å²) in [6, 6.07) is 5.90. The zero-order valence-corrected chi connectivity index (χ0v) is 11.3. The molecule has 18 heavy (non-hydrogen) atoms. The fraction of sp³-hybridized carbons (Fsp3) is 0.417. The number of rotatable bonds is 5. The number of carboxylic acids is 1. The van der Waals surface area contributed by atoms with Gasteiger partial charge in [-0.25, -0.2) is 8.42 Å². The molecule has 0 fully saturated rings. The molecule has 1 aromatic rings. The third kappa shape index (κ3) is 2.81. The van der Waals surface area contributed by atoms with Gasteiger partial charge in [-0.05, 0) is 31.2 Å². The summed E-state index contributed by atoms with van der Waals surface area (Å²) in [7, 11) is -2.16. The molecule has 1 N–H and O–H groups in total. The number of aliphatic carboxylic acids is 1. The number of hydrogen-bond donors (Lipinski definition) is 1. The predicted octanol–water partition coefficient (Wildman–Crippen LogP) is 1.58. The first-order valence-corrected chi connectivity index (χ1v) is 6.96. The summed E-state index contributed by atoms with van der Waals surface area (Å²) in [5.74, 6) is -1.54. The summed E-state index contributed by atoms with van der Waals surface area (Å²) in [5, 5.41) is 7.88. The van der Waals surface area contributed by atoms with Gasteiger partial charge in [0.15, 0.2) is 9.84 Å². The van der Waals surface area contributed by atoms with Crippen LogP contribution in [0.5, 0.6) is 5.75 Å². The Kier molecular flexibility index (Phi) is 4.34. The van der Waals surface area contributed by atoms with Crippen LogP contribution in [-0.2, 0) is 14.6 Å². The maximum absolute atomic E-state index is 12.2. The number of ether oxygens (including phenoxy) is 1. The summed E-state index contributed by atoms with van der Waals surface area (Å²) in [6.07, 6.45) is 0. The Morgan fingerprint density at radius 3 is 2.11 bits per heavy atom. The number of sulfone groups is 1. The van der Waals surface area contributed by atoms with Crippen molar-refractivity contribution < 1.29 is 23.1 Å². The molecule has 0 aromatic heterocycles. The Bertz CT molecular complexity index is 518. The molecular weight excluding hydrogens is 256 g/mol. The van der Waals surface area contributed by atoms with E-state index >= 15 is 0 Å². The van der Waals surface area contributed by atoms with Crippen LogP contribution >= 0.6 is 0 Å². The maximum Gasteiger partial charge on any atom is 0.307 e. The molecule has 0 saturated carbocycles. The topological polar surface area (TPSA) is 80.7 Å². The molecule has 6 heteroatoms. The number of benzene rings is 1. The Morgan fingerprint density at radius 1 is 1.22 bits per heavy atom. The zero-order valence-electron chi connectivity index (χ0n) is 10.5. The summed E-state index contributed by atoms with van der Waals surface area (Å²) >= 11 is 0. The first-order valence-electron chi connectivity index (χ1n) is 5.41. The van der Waals surface area contributed by atoms with Gasteiger partial charge in [-0.1, -0.05) is 6.92 Å². The molecule has 0 aliphatic heterocycles. The lowest BCUT2D eigenvalue weighted by molar-refractivity contribution is -0.141. The van der Waals surface area contributed by atoms with Crippen LogP contribution in [0.25, 0.3) is 0 Å². The number of carboxylic acid groups (broad SMARTS) is 1. The number of carbonyl (C=O) groups is 1. The van der Waals surface area contributed by atoms with E-state index in [1.165, 1.54) is 45.2 Å². The standard InChI is InChI=1S/C12H16O5S/c1-8(12(13)14)9(2)18(15,16)11-6-4-10(17-3)5-7-11/h4-9H,1-3H3,(H,13,14). The fourth-order valence-corrected chi connectivity index (χ4v) is 3.05. The molecule has 0 amide bonds. The van der Waals surface area contributed by atoms with Crippen molar-refractivity contribution in [1.29, 1.82) is 0 Å². The number of hydrogen-bond acceptors (Lipinski definition) is 4. The average molecular weight is 272 g/mol. The van der Waals surface area contributed by atoms with Crippen molar-refractivity contribution in [2.75, 3.05) is 7.11 Å². The second-order valence-corrected chi connectivity index (χ2v) is 6.36. The van der Waals surface area contributed by atoms with Gasteiger partial charge < -0.3 is 9.84 Å². The van der Waals surface area contributed by atoms with E-state index in [1.807, 2.05) is 0 Å². The van der Waals surface area contributed by atoms with Crippen LogP contribution in [0.1, 0.15) is 13.8 Å². The van der Waals surface area contributed by atoms with Gasteiger partial charge in [0.1, 0.15) is 5.75 Å². The molecule has 5 nitrogen and oxygen atoms in total. The second kappa shape index (κ2) is 5.39. The minimum absolute atomic E-state index is 0.101. The van der Waals surface area contributed by atoms with Crippen molar-refractivity contribution in [3.8, 4) is 5.75 Å². The van der Waals surface area contributed by atoms with Gasteiger partial charge >= 0.3 is 5.97 Å². The smallest absolute Gasteiger partial charge is 0.307 e. The second-order valence-electron chi connectivity index (χ2n) is 4.05. The number of methoxy groups -OCH3 is 1. The highest BCUT2D eigenvalue weighted by molar-refractivity contribution is 7.92. The van der Waals surface area contributed by atoms with Crippen LogP contribution in [0, 0.1) is 5.92 Å². The molecule has 0 saturated heterocycles. The van der Waals surface area contributed by atoms with Crippen LogP contribution in [0.2, 0.25) is 0 Å². The van der Waals surface area contributed by atoms with Crippen molar-refractivity contribution >= 4 is 15.8 Å². The minimum Gasteiger partial charge on any atom is -0.497 e. The Morgan fingerprint density at radius 2 is 1.72 bits per heavy atom. The van der Waals surface area contributed by atoms with E-state index in [-0.39, 0.29) is 4.90 Å². The van der Waals surface area contributed by atoms with Gasteiger partial charge in [-0.2, -0.15) is 0 Å². The predicted molar refractivity (Wildman–Crippen MR) is 66.4 cm³/mol. The largest absolute Gasteiger partial charge is 0.497 e. The molecule has 0 bridgehead atoms. The highest BCUT2D eigenvalue weighted by Crippen LogP contribution is 2.23. The molecule has 0 radical (unpaired) electrons. The third-order valence-electron chi connectivity index (χ3n) is 2.97. The Balaban J connectivity index is 3.09. The maximum atomic E-state index is 12.2.